The van der Waals surface area contributed by atoms with Gasteiger partial charge in [-0.2, -0.15) is 4.98 Å². The molecule has 4 rings (SSSR count). The molecule has 29 heavy (non-hydrogen) atoms. The van der Waals surface area contributed by atoms with E-state index >= 15 is 0 Å². The first-order valence-corrected chi connectivity index (χ1v) is 9.81. The number of hydrogen-bond donors (Lipinski definition) is 1. The summed E-state index contributed by atoms with van der Waals surface area (Å²) in [5.74, 6) is 2.13. The van der Waals surface area contributed by atoms with Crippen molar-refractivity contribution in [3.05, 3.63) is 30.9 Å². The van der Waals surface area contributed by atoms with Crippen LogP contribution in [0.4, 0.5) is 17.6 Å². The predicted molar refractivity (Wildman–Crippen MR) is 112 cm³/mol. The van der Waals surface area contributed by atoms with Gasteiger partial charge in [0, 0.05) is 45.5 Å². The lowest BCUT2D eigenvalue weighted by Crippen LogP contribution is -2.32. The van der Waals surface area contributed by atoms with Crippen molar-refractivity contribution in [2.24, 2.45) is 5.92 Å². The van der Waals surface area contributed by atoms with E-state index < -0.39 is 0 Å². The number of nitrogens with one attached hydrogen (secondary N) is 1. The SMILES string of the molecule is CC(C)n1cnc2cnc(Nc3ccnc(N4CCC(C(=O)N(C)C)C4)n3)cc21. The lowest BCUT2D eigenvalue weighted by atomic mass is 10.1. The second-order valence-electron chi connectivity index (χ2n) is 7.84. The van der Waals surface area contributed by atoms with Crippen molar-refractivity contribution in [1.82, 2.24) is 29.4 Å². The molecule has 0 saturated carbocycles. The number of hydrogen-bond acceptors (Lipinski definition) is 7. The molecule has 1 N–H and O–H groups in total. The average Bonchev–Trinajstić information content (AvgIpc) is 3.34. The van der Waals surface area contributed by atoms with Gasteiger partial charge in [-0.05, 0) is 26.3 Å². The van der Waals surface area contributed by atoms with Crippen LogP contribution in [0.25, 0.3) is 11.0 Å². The van der Waals surface area contributed by atoms with Crippen LogP contribution in [0.5, 0.6) is 0 Å². The van der Waals surface area contributed by atoms with Gasteiger partial charge >= 0.3 is 0 Å². The Morgan fingerprint density at radius 3 is 2.83 bits per heavy atom. The summed E-state index contributed by atoms with van der Waals surface area (Å²) in [6.07, 6.45) is 6.14. The van der Waals surface area contributed by atoms with Gasteiger partial charge in [-0.25, -0.2) is 15.0 Å². The predicted octanol–water partition coefficient (Wildman–Crippen LogP) is 2.46. The molecule has 1 aliphatic rings. The van der Waals surface area contributed by atoms with E-state index in [1.165, 1.54) is 0 Å². The molecule has 152 valence electrons. The van der Waals surface area contributed by atoms with E-state index in [0.717, 1.165) is 24.0 Å². The number of aromatic nitrogens is 5. The third-order valence-corrected chi connectivity index (χ3v) is 5.18. The Labute approximate surface area is 169 Å². The molecule has 0 aliphatic carbocycles. The Morgan fingerprint density at radius 1 is 1.24 bits per heavy atom. The summed E-state index contributed by atoms with van der Waals surface area (Å²) < 4.78 is 2.11. The summed E-state index contributed by atoms with van der Waals surface area (Å²) in [5, 5.41) is 3.26. The van der Waals surface area contributed by atoms with E-state index in [2.05, 4.69) is 48.6 Å². The van der Waals surface area contributed by atoms with Crippen molar-refractivity contribution in [2.75, 3.05) is 37.4 Å². The molecule has 1 atom stereocenters. The summed E-state index contributed by atoms with van der Waals surface area (Å²) in [5.41, 5.74) is 1.89. The molecule has 1 unspecified atom stereocenters. The quantitative estimate of drug-likeness (QED) is 0.711. The maximum atomic E-state index is 12.2. The van der Waals surface area contributed by atoms with Crippen LogP contribution < -0.4 is 10.2 Å². The Balaban J connectivity index is 1.52. The molecular weight excluding hydrogens is 368 g/mol. The molecule has 1 amide bonds. The van der Waals surface area contributed by atoms with Gasteiger partial charge in [0.25, 0.3) is 0 Å². The molecule has 9 nitrogen and oxygen atoms in total. The number of amides is 1. The van der Waals surface area contributed by atoms with E-state index in [-0.39, 0.29) is 11.8 Å². The molecule has 0 bridgehead atoms. The molecule has 0 aromatic carbocycles. The zero-order valence-electron chi connectivity index (χ0n) is 17.2. The van der Waals surface area contributed by atoms with Crippen LogP contribution in [0.2, 0.25) is 0 Å². The van der Waals surface area contributed by atoms with E-state index in [0.29, 0.717) is 30.2 Å². The highest BCUT2D eigenvalue weighted by molar-refractivity contribution is 5.80. The lowest BCUT2D eigenvalue weighted by Gasteiger charge is -2.18. The van der Waals surface area contributed by atoms with Crippen LogP contribution in [-0.2, 0) is 4.79 Å². The number of nitrogens with zero attached hydrogens (tertiary/aromatic N) is 7. The zero-order valence-corrected chi connectivity index (χ0v) is 17.2. The first-order valence-electron chi connectivity index (χ1n) is 9.81. The molecule has 3 aromatic heterocycles. The third-order valence-electron chi connectivity index (χ3n) is 5.18. The van der Waals surface area contributed by atoms with Gasteiger partial charge < -0.3 is 19.7 Å². The molecule has 3 aromatic rings. The maximum Gasteiger partial charge on any atom is 0.227 e. The second kappa shape index (κ2) is 7.65. The van der Waals surface area contributed by atoms with Crippen molar-refractivity contribution in [3.63, 3.8) is 0 Å². The number of fused-ring (bicyclic) bond motifs is 1. The van der Waals surface area contributed by atoms with Gasteiger partial charge in [0.15, 0.2) is 0 Å². The Kier molecular flexibility index (Phi) is 5.04. The maximum absolute atomic E-state index is 12.2. The minimum absolute atomic E-state index is 0.00870. The number of pyridine rings is 1. The van der Waals surface area contributed by atoms with Crippen molar-refractivity contribution in [3.8, 4) is 0 Å². The third kappa shape index (κ3) is 3.85. The van der Waals surface area contributed by atoms with Gasteiger partial charge in [-0.1, -0.05) is 0 Å². The highest BCUT2D eigenvalue weighted by Crippen LogP contribution is 2.24. The van der Waals surface area contributed by atoms with Crippen molar-refractivity contribution in [2.45, 2.75) is 26.3 Å². The minimum atomic E-state index is -0.00870. The molecule has 1 saturated heterocycles. The number of carbonyl (C=O) groups excluding carboxylic acids is 1. The molecule has 1 fully saturated rings. The van der Waals surface area contributed by atoms with Gasteiger partial charge in [0.2, 0.25) is 11.9 Å². The Morgan fingerprint density at radius 2 is 2.07 bits per heavy atom. The highest BCUT2D eigenvalue weighted by Gasteiger charge is 2.30. The standard InChI is InChI=1S/C20H26N8O/c1-13(2)28-12-23-15-10-22-18(9-16(15)28)24-17-5-7-21-20(25-17)27-8-6-14(11-27)19(29)26(3)4/h5,7,9-10,12-14H,6,8,11H2,1-4H3,(H,21,22,24,25). The van der Waals surface area contributed by atoms with Gasteiger partial charge in [0.1, 0.15) is 17.2 Å². The molecule has 4 heterocycles. The van der Waals surface area contributed by atoms with Crippen LogP contribution in [0.15, 0.2) is 30.9 Å². The smallest absolute Gasteiger partial charge is 0.227 e. The van der Waals surface area contributed by atoms with Crippen LogP contribution >= 0.6 is 0 Å². The summed E-state index contributed by atoms with van der Waals surface area (Å²) in [7, 11) is 3.59. The fourth-order valence-electron chi connectivity index (χ4n) is 3.62. The number of anilines is 3. The van der Waals surface area contributed by atoms with Gasteiger partial charge in [-0.15, -0.1) is 0 Å². The van der Waals surface area contributed by atoms with E-state index in [1.807, 2.05) is 18.5 Å². The zero-order chi connectivity index (χ0) is 20.5. The summed E-state index contributed by atoms with van der Waals surface area (Å²) in [6.45, 7) is 5.65. The fraction of sp³-hybridized carbons (Fsp3) is 0.450. The van der Waals surface area contributed by atoms with Crippen molar-refractivity contribution < 1.29 is 4.79 Å². The Hall–Kier alpha value is -3.23. The fourth-order valence-corrected chi connectivity index (χ4v) is 3.62. The molecule has 9 heteroatoms. The normalized spacial score (nSPS) is 16.6. The van der Waals surface area contributed by atoms with Crippen LogP contribution in [0, 0.1) is 5.92 Å². The van der Waals surface area contributed by atoms with E-state index in [1.54, 1.807) is 31.4 Å². The van der Waals surface area contributed by atoms with E-state index in [9.17, 15) is 4.79 Å². The molecule has 0 spiro atoms. The lowest BCUT2D eigenvalue weighted by molar-refractivity contribution is -0.132. The van der Waals surface area contributed by atoms with Crippen LogP contribution in [0.1, 0.15) is 26.3 Å². The monoisotopic (exact) mass is 394 g/mol. The molecule has 1 aliphatic heterocycles. The van der Waals surface area contributed by atoms with Crippen molar-refractivity contribution >= 4 is 34.5 Å². The van der Waals surface area contributed by atoms with Crippen LogP contribution in [0.3, 0.4) is 0 Å². The number of rotatable bonds is 5. The van der Waals surface area contributed by atoms with Gasteiger partial charge in [-0.3, -0.25) is 4.79 Å². The number of imidazole rings is 1. The van der Waals surface area contributed by atoms with Gasteiger partial charge in [0.05, 0.1) is 24.0 Å². The van der Waals surface area contributed by atoms with E-state index in [4.69, 9.17) is 0 Å². The highest BCUT2D eigenvalue weighted by atomic mass is 16.2. The molecule has 0 radical (unpaired) electrons. The topological polar surface area (TPSA) is 92.1 Å². The minimum Gasteiger partial charge on any atom is -0.349 e. The summed E-state index contributed by atoms with van der Waals surface area (Å²) in [4.78, 5) is 33.8. The average molecular weight is 394 g/mol. The summed E-state index contributed by atoms with van der Waals surface area (Å²) in [6, 6.07) is 4.10. The largest absolute Gasteiger partial charge is 0.349 e. The summed E-state index contributed by atoms with van der Waals surface area (Å²) >= 11 is 0. The first-order chi connectivity index (χ1) is 13.9. The van der Waals surface area contributed by atoms with Crippen molar-refractivity contribution in [1.29, 1.82) is 0 Å². The van der Waals surface area contributed by atoms with Crippen LogP contribution in [-0.4, -0.2) is 62.5 Å². The molecular formula is C20H26N8O. The number of carbonyl (C=O) groups is 1. The Bertz CT molecular complexity index is 1030. The second-order valence-corrected chi connectivity index (χ2v) is 7.84. The first kappa shape index (κ1) is 19.1.